The quantitative estimate of drug-likeness (QED) is 0.554. The summed E-state index contributed by atoms with van der Waals surface area (Å²) >= 11 is 8.18. The van der Waals surface area contributed by atoms with E-state index in [0.717, 1.165) is 36.0 Å². The first-order valence-electron chi connectivity index (χ1n) is 8.36. The molecule has 2 aromatic rings. The first-order chi connectivity index (χ1) is 12.0. The van der Waals surface area contributed by atoms with Crippen LogP contribution in [0.4, 0.5) is 4.39 Å². The third-order valence-corrected chi connectivity index (χ3v) is 6.55. The number of benzene rings is 1. The Hall–Kier alpha value is -1.25. The molecule has 1 saturated heterocycles. The molecular weight excluding hydrogens is 377 g/mol. The number of carbonyl (C=O) groups excluding carboxylic acids is 1. The molecule has 25 heavy (non-hydrogen) atoms. The van der Waals surface area contributed by atoms with E-state index >= 15 is 0 Å². The predicted molar refractivity (Wildman–Crippen MR) is 103 cm³/mol. The predicted octanol–water partition coefficient (Wildman–Crippen LogP) is 4.69. The highest BCUT2D eigenvalue weighted by Crippen LogP contribution is 2.29. The largest absolute Gasteiger partial charge is 0.342 e. The van der Waals surface area contributed by atoms with Gasteiger partial charge >= 0.3 is 0 Å². The van der Waals surface area contributed by atoms with Crippen LogP contribution >= 0.6 is 35.3 Å². The van der Waals surface area contributed by atoms with Crippen molar-refractivity contribution in [1.29, 1.82) is 0 Å². The van der Waals surface area contributed by atoms with E-state index < -0.39 is 0 Å². The molecule has 0 aliphatic carbocycles. The van der Waals surface area contributed by atoms with E-state index in [1.807, 2.05) is 11.8 Å². The summed E-state index contributed by atoms with van der Waals surface area (Å²) in [6, 6.07) is 6.06. The van der Waals surface area contributed by atoms with Crippen LogP contribution in [0.5, 0.6) is 0 Å². The Labute approximate surface area is 160 Å². The molecule has 1 aliphatic heterocycles. The standard InChI is InChI=1S/C17H20FN3OS3/c1-12(15(22)20-10-4-2-3-5-11-20)24-16-19-21(17(23)25-16)14-8-6-13(18)7-9-14/h6-9,12H,2-5,10-11H2,1H3/t12-/m1/s1. The fourth-order valence-electron chi connectivity index (χ4n) is 2.80. The average Bonchev–Trinajstić information content (AvgIpc) is 2.80. The van der Waals surface area contributed by atoms with Gasteiger partial charge in [-0.3, -0.25) is 4.79 Å². The first kappa shape index (κ1) is 18.5. The molecule has 134 valence electrons. The van der Waals surface area contributed by atoms with Gasteiger partial charge in [0.2, 0.25) is 5.91 Å². The summed E-state index contributed by atoms with van der Waals surface area (Å²) in [6.07, 6.45) is 4.58. The van der Waals surface area contributed by atoms with Crippen molar-refractivity contribution < 1.29 is 9.18 Å². The van der Waals surface area contributed by atoms with Crippen molar-refractivity contribution in [2.24, 2.45) is 0 Å². The van der Waals surface area contributed by atoms with Crippen molar-refractivity contribution in [2.75, 3.05) is 13.1 Å². The highest BCUT2D eigenvalue weighted by Gasteiger charge is 2.23. The zero-order chi connectivity index (χ0) is 17.8. The van der Waals surface area contributed by atoms with Gasteiger partial charge in [0.15, 0.2) is 8.29 Å². The molecule has 2 heterocycles. The lowest BCUT2D eigenvalue weighted by molar-refractivity contribution is -0.130. The lowest BCUT2D eigenvalue weighted by Gasteiger charge is -2.23. The van der Waals surface area contributed by atoms with Gasteiger partial charge in [-0.05, 0) is 56.2 Å². The molecule has 0 radical (unpaired) electrons. The molecule has 1 aromatic carbocycles. The second-order valence-electron chi connectivity index (χ2n) is 6.02. The number of aromatic nitrogens is 2. The molecule has 8 heteroatoms. The van der Waals surface area contributed by atoms with E-state index in [0.29, 0.717) is 3.95 Å². The van der Waals surface area contributed by atoms with Crippen molar-refractivity contribution in [2.45, 2.75) is 42.2 Å². The van der Waals surface area contributed by atoms with Crippen LogP contribution in [-0.2, 0) is 4.79 Å². The van der Waals surface area contributed by atoms with E-state index in [4.69, 9.17) is 12.2 Å². The zero-order valence-corrected chi connectivity index (χ0v) is 16.4. The van der Waals surface area contributed by atoms with Crippen molar-refractivity contribution in [3.63, 3.8) is 0 Å². The third-order valence-electron chi connectivity index (χ3n) is 4.14. The summed E-state index contributed by atoms with van der Waals surface area (Å²) in [7, 11) is 0. The molecular formula is C17H20FN3OS3. The number of hydrogen-bond acceptors (Lipinski definition) is 5. The highest BCUT2D eigenvalue weighted by atomic mass is 32.2. The van der Waals surface area contributed by atoms with Gasteiger partial charge in [0.1, 0.15) is 5.82 Å². The summed E-state index contributed by atoms with van der Waals surface area (Å²) < 4.78 is 16.0. The Morgan fingerprint density at radius 3 is 2.52 bits per heavy atom. The van der Waals surface area contributed by atoms with Crippen molar-refractivity contribution in [1.82, 2.24) is 14.7 Å². The smallest absolute Gasteiger partial charge is 0.235 e. The van der Waals surface area contributed by atoms with Crippen molar-refractivity contribution in [3.8, 4) is 5.69 Å². The average molecular weight is 398 g/mol. The Morgan fingerprint density at radius 1 is 1.24 bits per heavy atom. The molecule has 0 saturated carbocycles. The number of nitrogens with zero attached hydrogens (tertiary/aromatic N) is 3. The fraction of sp³-hybridized carbons (Fsp3) is 0.471. The maximum absolute atomic E-state index is 13.1. The molecule has 0 unspecified atom stereocenters. The van der Waals surface area contributed by atoms with Crippen LogP contribution in [0.3, 0.4) is 0 Å². The number of rotatable bonds is 4. The molecule has 0 bridgehead atoms. The Bertz CT molecular complexity index is 779. The van der Waals surface area contributed by atoms with Crippen LogP contribution < -0.4 is 0 Å². The summed E-state index contributed by atoms with van der Waals surface area (Å²) in [4.78, 5) is 14.6. The van der Waals surface area contributed by atoms with Crippen molar-refractivity contribution >= 4 is 41.2 Å². The first-order valence-corrected chi connectivity index (χ1v) is 10.5. The van der Waals surface area contributed by atoms with Crippen LogP contribution in [0.25, 0.3) is 5.69 Å². The molecule has 1 aliphatic rings. The molecule has 1 atom stereocenters. The summed E-state index contributed by atoms with van der Waals surface area (Å²) in [5.41, 5.74) is 0.723. The van der Waals surface area contributed by atoms with Crippen LogP contribution in [0.2, 0.25) is 0 Å². The minimum absolute atomic E-state index is 0.168. The topological polar surface area (TPSA) is 38.1 Å². The van der Waals surface area contributed by atoms with E-state index in [9.17, 15) is 9.18 Å². The van der Waals surface area contributed by atoms with Gasteiger partial charge in [-0.1, -0.05) is 35.9 Å². The van der Waals surface area contributed by atoms with Crippen molar-refractivity contribution in [3.05, 3.63) is 34.0 Å². The van der Waals surface area contributed by atoms with Gasteiger partial charge < -0.3 is 4.90 Å². The Balaban J connectivity index is 1.70. The zero-order valence-electron chi connectivity index (χ0n) is 14.0. The minimum Gasteiger partial charge on any atom is -0.342 e. The van der Waals surface area contributed by atoms with Gasteiger partial charge in [0.25, 0.3) is 0 Å². The van der Waals surface area contributed by atoms with E-state index in [1.54, 1.807) is 16.8 Å². The van der Waals surface area contributed by atoms with E-state index in [1.165, 1.54) is 48.1 Å². The number of hydrogen-bond donors (Lipinski definition) is 0. The van der Waals surface area contributed by atoms with Gasteiger partial charge in [-0.2, -0.15) is 0 Å². The minimum atomic E-state index is -0.295. The summed E-state index contributed by atoms with van der Waals surface area (Å²) in [5, 5.41) is 4.30. The number of halogens is 1. The van der Waals surface area contributed by atoms with Crippen LogP contribution in [-0.4, -0.2) is 38.9 Å². The molecule has 4 nitrogen and oxygen atoms in total. The number of amides is 1. The van der Waals surface area contributed by atoms with E-state index in [-0.39, 0.29) is 17.0 Å². The summed E-state index contributed by atoms with van der Waals surface area (Å²) in [5.74, 6) is -0.127. The maximum Gasteiger partial charge on any atom is 0.235 e. The lowest BCUT2D eigenvalue weighted by atomic mass is 10.2. The third kappa shape index (κ3) is 4.68. The number of likely N-dealkylation sites (tertiary alicyclic amines) is 1. The molecule has 0 N–H and O–H groups in total. The monoisotopic (exact) mass is 397 g/mol. The highest BCUT2D eigenvalue weighted by molar-refractivity contribution is 8.02. The maximum atomic E-state index is 13.1. The van der Waals surface area contributed by atoms with Gasteiger partial charge in [0, 0.05) is 13.1 Å². The molecule has 0 spiro atoms. The van der Waals surface area contributed by atoms with E-state index in [2.05, 4.69) is 5.10 Å². The number of carbonyl (C=O) groups is 1. The van der Waals surface area contributed by atoms with Crippen LogP contribution in [0.1, 0.15) is 32.6 Å². The van der Waals surface area contributed by atoms with Gasteiger partial charge in [-0.25, -0.2) is 9.07 Å². The van der Waals surface area contributed by atoms with Gasteiger partial charge in [-0.15, -0.1) is 5.10 Å². The number of thioether (sulfide) groups is 1. The second-order valence-corrected chi connectivity index (χ2v) is 9.23. The van der Waals surface area contributed by atoms with Gasteiger partial charge in [0.05, 0.1) is 10.9 Å². The summed E-state index contributed by atoms with van der Waals surface area (Å²) in [6.45, 7) is 3.62. The lowest BCUT2D eigenvalue weighted by Crippen LogP contribution is -2.37. The fourth-order valence-corrected chi connectivity index (χ4v) is 5.39. The Morgan fingerprint density at radius 2 is 1.88 bits per heavy atom. The molecule has 1 fully saturated rings. The molecule has 1 amide bonds. The van der Waals surface area contributed by atoms with Crippen LogP contribution in [0, 0.1) is 9.77 Å². The molecule has 3 rings (SSSR count). The SMILES string of the molecule is C[C@@H](Sc1nn(-c2ccc(F)cc2)c(=S)s1)C(=O)N1CCCCCC1. The van der Waals surface area contributed by atoms with Crippen LogP contribution in [0.15, 0.2) is 28.6 Å². The Kier molecular flexibility index (Phi) is 6.24. The second kappa shape index (κ2) is 8.42. The normalized spacial score (nSPS) is 16.5. The molecule has 1 aromatic heterocycles.